The van der Waals surface area contributed by atoms with Crippen molar-refractivity contribution in [2.45, 2.75) is 0 Å². The number of thiophene rings is 1. The number of hydrogen-bond acceptors (Lipinski definition) is 5. The Morgan fingerprint density at radius 3 is 2.55 bits per heavy atom. The van der Waals surface area contributed by atoms with Crippen LogP contribution in [0.15, 0.2) is 30.3 Å². The number of halogens is 1. The van der Waals surface area contributed by atoms with Gasteiger partial charge in [0.2, 0.25) is 5.95 Å². The summed E-state index contributed by atoms with van der Waals surface area (Å²) in [6.45, 7) is 0. The first-order valence-electron chi connectivity index (χ1n) is 6.59. The number of anilines is 1. The van der Waals surface area contributed by atoms with E-state index in [-0.39, 0.29) is 5.91 Å². The van der Waals surface area contributed by atoms with Crippen molar-refractivity contribution in [3.05, 3.63) is 40.2 Å². The van der Waals surface area contributed by atoms with E-state index in [1.165, 1.54) is 11.3 Å². The van der Waals surface area contributed by atoms with Crippen LogP contribution in [-0.2, 0) is 0 Å². The molecule has 0 spiro atoms. The van der Waals surface area contributed by atoms with Gasteiger partial charge in [-0.25, -0.2) is 9.97 Å². The third-order valence-electron chi connectivity index (χ3n) is 3.18. The SMILES string of the molecule is CNC(=O)c1cc2c(-c3ccc(Cl)cc3)nc(NC)nc2s1. The van der Waals surface area contributed by atoms with Crippen LogP contribution in [0.25, 0.3) is 21.5 Å². The summed E-state index contributed by atoms with van der Waals surface area (Å²) < 4.78 is 0. The van der Waals surface area contributed by atoms with Crippen LogP contribution in [0.5, 0.6) is 0 Å². The van der Waals surface area contributed by atoms with Crippen molar-refractivity contribution >= 4 is 45.0 Å². The lowest BCUT2D eigenvalue weighted by Gasteiger charge is -2.05. The van der Waals surface area contributed by atoms with Crippen LogP contribution >= 0.6 is 22.9 Å². The van der Waals surface area contributed by atoms with Crippen molar-refractivity contribution in [3.8, 4) is 11.3 Å². The topological polar surface area (TPSA) is 66.9 Å². The summed E-state index contributed by atoms with van der Waals surface area (Å²) in [5, 5.41) is 7.10. The van der Waals surface area contributed by atoms with Gasteiger partial charge < -0.3 is 10.6 Å². The molecule has 1 aromatic carbocycles. The third-order valence-corrected chi connectivity index (χ3v) is 4.46. The molecule has 112 valence electrons. The summed E-state index contributed by atoms with van der Waals surface area (Å²) in [6.07, 6.45) is 0. The lowest BCUT2D eigenvalue weighted by molar-refractivity contribution is 0.0967. The van der Waals surface area contributed by atoms with Gasteiger partial charge in [-0.2, -0.15) is 0 Å². The summed E-state index contributed by atoms with van der Waals surface area (Å²) in [7, 11) is 3.37. The number of nitrogens with one attached hydrogen (secondary N) is 2. The first-order valence-corrected chi connectivity index (χ1v) is 7.79. The third kappa shape index (κ3) is 2.63. The minimum absolute atomic E-state index is 0.129. The standard InChI is InChI=1S/C15H13ClN4OS/c1-17-13(21)11-7-10-12(8-3-5-9(16)6-4-8)19-15(18-2)20-14(10)22-11/h3-7H,1-2H3,(H,17,21)(H,18,19,20). The second-order valence-corrected chi connectivity index (χ2v) is 6.03. The zero-order valence-electron chi connectivity index (χ0n) is 12.0. The molecule has 0 atom stereocenters. The molecule has 0 bridgehead atoms. The van der Waals surface area contributed by atoms with Gasteiger partial charge in [-0.3, -0.25) is 4.79 Å². The van der Waals surface area contributed by atoms with E-state index in [1.54, 1.807) is 14.1 Å². The van der Waals surface area contributed by atoms with Crippen LogP contribution in [0.4, 0.5) is 5.95 Å². The van der Waals surface area contributed by atoms with Gasteiger partial charge in [0.15, 0.2) is 0 Å². The summed E-state index contributed by atoms with van der Waals surface area (Å²) in [5.74, 6) is 0.388. The number of nitrogens with zero attached hydrogens (tertiary/aromatic N) is 2. The van der Waals surface area contributed by atoms with Gasteiger partial charge in [0.1, 0.15) is 4.83 Å². The fourth-order valence-electron chi connectivity index (χ4n) is 2.10. The van der Waals surface area contributed by atoms with Crippen LogP contribution < -0.4 is 10.6 Å². The molecule has 2 heterocycles. The van der Waals surface area contributed by atoms with Crippen LogP contribution in [-0.4, -0.2) is 30.0 Å². The normalized spacial score (nSPS) is 10.7. The Morgan fingerprint density at radius 1 is 1.18 bits per heavy atom. The number of carbonyl (C=O) groups is 1. The average molecular weight is 333 g/mol. The maximum absolute atomic E-state index is 11.8. The highest BCUT2D eigenvalue weighted by Crippen LogP contribution is 2.33. The molecule has 3 rings (SSSR count). The van der Waals surface area contributed by atoms with E-state index >= 15 is 0 Å². The average Bonchev–Trinajstić information content (AvgIpc) is 2.98. The molecule has 2 aromatic heterocycles. The van der Waals surface area contributed by atoms with Crippen LogP contribution in [0, 0.1) is 0 Å². The van der Waals surface area contributed by atoms with Crippen LogP contribution in [0.1, 0.15) is 9.67 Å². The molecule has 1 amide bonds. The summed E-state index contributed by atoms with van der Waals surface area (Å²) in [6, 6.07) is 9.26. The molecule has 0 unspecified atom stereocenters. The number of rotatable bonds is 3. The Hall–Kier alpha value is -2.18. The molecule has 0 radical (unpaired) electrons. The molecule has 7 heteroatoms. The first kappa shape index (κ1) is 14.7. The Bertz CT molecular complexity index is 845. The van der Waals surface area contributed by atoms with Gasteiger partial charge in [-0.05, 0) is 18.2 Å². The number of carbonyl (C=O) groups excluding carboxylic acids is 1. The predicted octanol–water partition coefficient (Wildman–Crippen LogP) is 3.41. The van der Waals surface area contributed by atoms with Crippen molar-refractivity contribution in [3.63, 3.8) is 0 Å². The molecule has 22 heavy (non-hydrogen) atoms. The predicted molar refractivity (Wildman–Crippen MR) is 90.8 cm³/mol. The maximum atomic E-state index is 11.8. The Morgan fingerprint density at radius 2 is 1.91 bits per heavy atom. The van der Waals surface area contributed by atoms with E-state index in [4.69, 9.17) is 11.6 Å². The second kappa shape index (κ2) is 5.90. The van der Waals surface area contributed by atoms with Crippen molar-refractivity contribution in [1.82, 2.24) is 15.3 Å². The Kier molecular flexibility index (Phi) is 3.96. The molecule has 0 aliphatic carbocycles. The quantitative estimate of drug-likeness (QED) is 0.771. The molecule has 0 saturated heterocycles. The minimum Gasteiger partial charge on any atom is -0.357 e. The van der Waals surface area contributed by atoms with E-state index in [2.05, 4.69) is 20.6 Å². The van der Waals surface area contributed by atoms with Crippen LogP contribution in [0.2, 0.25) is 5.02 Å². The Labute approximate surface area is 136 Å². The maximum Gasteiger partial charge on any atom is 0.261 e. The van der Waals surface area contributed by atoms with Crippen molar-refractivity contribution in [2.75, 3.05) is 19.4 Å². The minimum atomic E-state index is -0.129. The van der Waals surface area contributed by atoms with E-state index in [0.29, 0.717) is 15.8 Å². The van der Waals surface area contributed by atoms with E-state index in [1.807, 2.05) is 30.3 Å². The van der Waals surface area contributed by atoms with Gasteiger partial charge in [-0.1, -0.05) is 23.7 Å². The molecule has 3 aromatic rings. The summed E-state index contributed by atoms with van der Waals surface area (Å²) in [5.41, 5.74) is 1.70. The van der Waals surface area contributed by atoms with Gasteiger partial charge in [0, 0.05) is 30.1 Å². The van der Waals surface area contributed by atoms with Crippen molar-refractivity contribution in [1.29, 1.82) is 0 Å². The Balaban J connectivity index is 2.24. The van der Waals surface area contributed by atoms with E-state index in [9.17, 15) is 4.79 Å². The first-order chi connectivity index (χ1) is 10.6. The van der Waals surface area contributed by atoms with Gasteiger partial charge in [0.05, 0.1) is 10.6 Å². The summed E-state index contributed by atoms with van der Waals surface area (Å²) in [4.78, 5) is 22.2. The van der Waals surface area contributed by atoms with Gasteiger partial charge in [-0.15, -0.1) is 11.3 Å². The number of amides is 1. The van der Waals surface area contributed by atoms with Crippen molar-refractivity contribution in [2.24, 2.45) is 0 Å². The highest BCUT2D eigenvalue weighted by molar-refractivity contribution is 7.20. The van der Waals surface area contributed by atoms with E-state index in [0.717, 1.165) is 21.5 Å². The van der Waals surface area contributed by atoms with Gasteiger partial charge >= 0.3 is 0 Å². The molecule has 0 aliphatic heterocycles. The second-order valence-electron chi connectivity index (χ2n) is 4.56. The lowest BCUT2D eigenvalue weighted by Crippen LogP contribution is -2.15. The number of fused-ring (bicyclic) bond motifs is 1. The van der Waals surface area contributed by atoms with Crippen molar-refractivity contribution < 1.29 is 4.79 Å². The monoisotopic (exact) mass is 332 g/mol. The van der Waals surface area contributed by atoms with E-state index < -0.39 is 0 Å². The molecule has 2 N–H and O–H groups in total. The zero-order chi connectivity index (χ0) is 15.7. The lowest BCUT2D eigenvalue weighted by atomic mass is 10.1. The molecular formula is C15H13ClN4OS. The number of aromatic nitrogens is 2. The smallest absolute Gasteiger partial charge is 0.261 e. The fourth-order valence-corrected chi connectivity index (χ4v) is 3.20. The molecule has 0 aliphatic rings. The van der Waals surface area contributed by atoms with Gasteiger partial charge in [0.25, 0.3) is 5.91 Å². The molecular weight excluding hydrogens is 320 g/mol. The fraction of sp³-hybridized carbons (Fsp3) is 0.133. The number of hydrogen-bond donors (Lipinski definition) is 2. The molecule has 0 fully saturated rings. The largest absolute Gasteiger partial charge is 0.357 e. The molecule has 5 nitrogen and oxygen atoms in total. The highest BCUT2D eigenvalue weighted by Gasteiger charge is 2.16. The zero-order valence-corrected chi connectivity index (χ0v) is 13.5. The number of benzene rings is 1. The highest BCUT2D eigenvalue weighted by atomic mass is 35.5. The summed E-state index contributed by atoms with van der Waals surface area (Å²) >= 11 is 7.29. The van der Waals surface area contributed by atoms with Crippen LogP contribution in [0.3, 0.4) is 0 Å². The molecule has 0 saturated carbocycles.